The molecule has 52 heavy (non-hydrogen) atoms. The number of amides is 4. The van der Waals surface area contributed by atoms with E-state index in [0.29, 0.717) is 12.8 Å². The summed E-state index contributed by atoms with van der Waals surface area (Å²) in [5, 5.41) is 6.93. The molecule has 3 rings (SSSR count). The average molecular weight is 715 g/mol. The zero-order valence-corrected chi connectivity index (χ0v) is 30.3. The van der Waals surface area contributed by atoms with E-state index in [1.165, 1.54) is 0 Å². The van der Waals surface area contributed by atoms with Gasteiger partial charge in [-0.2, -0.15) is 0 Å². The largest absolute Gasteiger partial charge is 0.461 e. The van der Waals surface area contributed by atoms with Crippen molar-refractivity contribution in [3.8, 4) is 0 Å². The number of hydrogen-bond donors (Lipinski definition) is 4. The van der Waals surface area contributed by atoms with Crippen LogP contribution in [-0.4, -0.2) is 53.2 Å². The normalized spacial score (nSPS) is 14.0. The number of carbonyl (C=O) groups excluding carboxylic acids is 7. The Morgan fingerprint density at radius 1 is 0.731 bits per heavy atom. The van der Waals surface area contributed by atoms with Crippen molar-refractivity contribution >= 4 is 51.9 Å². The lowest BCUT2D eigenvalue weighted by Gasteiger charge is -2.26. The standard InChI is InChI=1S/C40H50N4O8/c1-5-25(4)36(44-39(50)31(17-24(2)3)21-35(47)52-23-26-11-7-6-8-12-26)37(48)40(51)43-32(22-34(41)46)33(45)20-30(38(42)49)19-27-15-16-28-13-9-10-14-29(28)18-27/h6-16,18,24-25,30-32,36H,5,17,19-23H2,1-4H3,(H2,41,46)(H2,42,49)(H,43,51)(H,44,50)/t25-,30+,31+,32-,36?/m0/s1. The molecule has 3 aromatic rings. The Morgan fingerprint density at radius 2 is 1.38 bits per heavy atom. The summed E-state index contributed by atoms with van der Waals surface area (Å²) in [4.78, 5) is 91.2. The third kappa shape index (κ3) is 12.7. The van der Waals surface area contributed by atoms with Crippen LogP contribution >= 0.6 is 0 Å². The van der Waals surface area contributed by atoms with Crippen LogP contribution in [0, 0.1) is 23.7 Å². The number of nitrogens with two attached hydrogens (primary N) is 2. The van der Waals surface area contributed by atoms with Crippen molar-refractivity contribution in [1.29, 1.82) is 0 Å². The van der Waals surface area contributed by atoms with E-state index in [2.05, 4.69) is 10.6 Å². The van der Waals surface area contributed by atoms with Crippen LogP contribution in [-0.2, 0) is 51.3 Å². The molecule has 1 unspecified atom stereocenters. The predicted molar refractivity (Wildman–Crippen MR) is 196 cm³/mol. The van der Waals surface area contributed by atoms with Crippen LogP contribution in [0.1, 0.15) is 70.9 Å². The van der Waals surface area contributed by atoms with Crippen LogP contribution in [0.4, 0.5) is 0 Å². The Hall–Kier alpha value is -5.39. The average Bonchev–Trinajstić information content (AvgIpc) is 3.11. The number of ketones is 2. The van der Waals surface area contributed by atoms with Gasteiger partial charge in [-0.25, -0.2) is 0 Å². The van der Waals surface area contributed by atoms with Crippen molar-refractivity contribution in [3.05, 3.63) is 83.9 Å². The molecule has 5 atom stereocenters. The second-order valence-electron chi connectivity index (χ2n) is 13.8. The zero-order valence-electron chi connectivity index (χ0n) is 30.3. The third-order valence-electron chi connectivity index (χ3n) is 9.04. The lowest BCUT2D eigenvalue weighted by atomic mass is 9.89. The number of rotatable bonds is 21. The topological polar surface area (TPSA) is 205 Å². The zero-order chi connectivity index (χ0) is 38.4. The molecule has 12 nitrogen and oxygen atoms in total. The Morgan fingerprint density at radius 3 is 2.00 bits per heavy atom. The molecule has 0 spiro atoms. The van der Waals surface area contributed by atoms with Gasteiger partial charge >= 0.3 is 5.97 Å². The molecule has 0 fully saturated rings. The number of nitrogens with one attached hydrogen (secondary N) is 2. The molecule has 0 aromatic heterocycles. The number of primary amides is 2. The predicted octanol–water partition coefficient (Wildman–Crippen LogP) is 3.70. The molecule has 0 saturated carbocycles. The summed E-state index contributed by atoms with van der Waals surface area (Å²) < 4.78 is 5.39. The van der Waals surface area contributed by atoms with Gasteiger partial charge in [0.1, 0.15) is 6.61 Å². The highest BCUT2D eigenvalue weighted by molar-refractivity contribution is 6.39. The van der Waals surface area contributed by atoms with Crippen molar-refractivity contribution in [2.75, 3.05) is 0 Å². The fourth-order valence-electron chi connectivity index (χ4n) is 5.95. The van der Waals surface area contributed by atoms with Crippen molar-refractivity contribution in [2.24, 2.45) is 35.1 Å². The number of carbonyl (C=O) groups is 7. The Labute approximate surface area is 304 Å². The summed E-state index contributed by atoms with van der Waals surface area (Å²) in [5.41, 5.74) is 12.6. The molecular weight excluding hydrogens is 664 g/mol. The van der Waals surface area contributed by atoms with Crippen LogP contribution in [0.3, 0.4) is 0 Å². The van der Waals surface area contributed by atoms with Gasteiger partial charge in [0.25, 0.3) is 5.91 Å². The van der Waals surface area contributed by atoms with Gasteiger partial charge < -0.3 is 26.8 Å². The fourth-order valence-corrected chi connectivity index (χ4v) is 5.95. The number of hydrogen-bond acceptors (Lipinski definition) is 8. The maximum Gasteiger partial charge on any atom is 0.306 e. The van der Waals surface area contributed by atoms with Crippen molar-refractivity contribution < 1.29 is 38.3 Å². The van der Waals surface area contributed by atoms with E-state index in [9.17, 15) is 33.6 Å². The van der Waals surface area contributed by atoms with Gasteiger partial charge in [-0.05, 0) is 46.6 Å². The minimum atomic E-state index is -1.52. The summed E-state index contributed by atoms with van der Waals surface area (Å²) in [6.07, 6.45) is -0.439. The second-order valence-corrected chi connectivity index (χ2v) is 13.8. The number of Topliss-reactive ketones (excluding diaryl/α,β-unsaturated/α-hetero) is 2. The maximum atomic E-state index is 13.6. The van der Waals surface area contributed by atoms with Gasteiger partial charge in [0.2, 0.25) is 23.5 Å². The molecule has 3 aromatic carbocycles. The highest BCUT2D eigenvalue weighted by Gasteiger charge is 2.36. The molecule has 0 aliphatic rings. The molecule has 0 bridgehead atoms. The molecule has 0 aliphatic heterocycles. The highest BCUT2D eigenvalue weighted by Crippen LogP contribution is 2.22. The van der Waals surface area contributed by atoms with E-state index >= 15 is 0 Å². The lowest BCUT2D eigenvalue weighted by Crippen LogP contribution is -2.55. The summed E-state index contributed by atoms with van der Waals surface area (Å²) in [5.74, 6) is -8.12. The number of benzene rings is 3. The molecule has 278 valence electrons. The minimum absolute atomic E-state index is 0.0183. The third-order valence-corrected chi connectivity index (χ3v) is 9.04. The number of esters is 1. The quantitative estimate of drug-likeness (QED) is 0.0944. The molecule has 0 radical (unpaired) electrons. The van der Waals surface area contributed by atoms with Gasteiger partial charge in [0.05, 0.1) is 24.9 Å². The van der Waals surface area contributed by atoms with Gasteiger partial charge in [-0.15, -0.1) is 0 Å². The maximum absolute atomic E-state index is 13.6. The minimum Gasteiger partial charge on any atom is -0.461 e. The molecule has 12 heteroatoms. The van der Waals surface area contributed by atoms with Crippen molar-refractivity contribution in [1.82, 2.24) is 10.6 Å². The summed E-state index contributed by atoms with van der Waals surface area (Å²) >= 11 is 0. The smallest absolute Gasteiger partial charge is 0.306 e. The van der Waals surface area contributed by atoms with E-state index in [1.54, 1.807) is 13.8 Å². The van der Waals surface area contributed by atoms with Crippen LogP contribution in [0.5, 0.6) is 0 Å². The highest BCUT2D eigenvalue weighted by atomic mass is 16.5. The van der Waals surface area contributed by atoms with Crippen molar-refractivity contribution in [2.45, 2.75) is 84.9 Å². The number of ether oxygens (including phenoxy) is 1. The van der Waals surface area contributed by atoms with E-state index < -0.39 is 83.8 Å². The first-order chi connectivity index (χ1) is 24.7. The molecule has 4 amide bonds. The molecule has 0 aliphatic carbocycles. The second kappa shape index (κ2) is 19.9. The van der Waals surface area contributed by atoms with E-state index in [0.717, 1.165) is 21.9 Å². The van der Waals surface area contributed by atoms with Crippen LogP contribution in [0.15, 0.2) is 72.8 Å². The Kier molecular flexibility index (Phi) is 15.7. The van der Waals surface area contributed by atoms with Crippen LogP contribution in [0.25, 0.3) is 10.8 Å². The number of fused-ring (bicyclic) bond motifs is 1. The van der Waals surface area contributed by atoms with Gasteiger partial charge in [0, 0.05) is 18.3 Å². The van der Waals surface area contributed by atoms with Crippen LogP contribution < -0.4 is 22.1 Å². The first kappa shape index (κ1) is 41.0. The molecule has 0 saturated heterocycles. The molecule has 6 N–H and O–H groups in total. The van der Waals surface area contributed by atoms with E-state index in [-0.39, 0.29) is 25.4 Å². The van der Waals surface area contributed by atoms with Gasteiger partial charge in [0.15, 0.2) is 5.78 Å². The summed E-state index contributed by atoms with van der Waals surface area (Å²) in [7, 11) is 0. The van der Waals surface area contributed by atoms with E-state index in [1.807, 2.05) is 86.6 Å². The summed E-state index contributed by atoms with van der Waals surface area (Å²) in [6, 6.07) is 19.5. The summed E-state index contributed by atoms with van der Waals surface area (Å²) in [6.45, 7) is 7.28. The Balaban J connectivity index is 1.72. The van der Waals surface area contributed by atoms with Gasteiger partial charge in [-0.3, -0.25) is 33.6 Å². The first-order valence-electron chi connectivity index (χ1n) is 17.6. The Bertz CT molecular complexity index is 1740. The first-order valence-corrected chi connectivity index (χ1v) is 17.6. The SMILES string of the molecule is CC[C@H](C)C(NC(=O)[C@@H](CC(=O)OCc1ccccc1)CC(C)C)C(=O)C(=O)N[C@@H](CC(N)=O)C(=O)C[C@@H](Cc1ccc2ccccc2c1)C(N)=O. The molecular formula is C40H50N4O8. The molecule has 0 heterocycles. The van der Waals surface area contributed by atoms with Gasteiger partial charge in [-0.1, -0.05) is 107 Å². The fraction of sp³-hybridized carbons (Fsp3) is 0.425. The van der Waals surface area contributed by atoms with E-state index in [4.69, 9.17) is 16.2 Å². The van der Waals surface area contributed by atoms with Crippen molar-refractivity contribution in [3.63, 3.8) is 0 Å². The monoisotopic (exact) mass is 714 g/mol. The van der Waals surface area contributed by atoms with Crippen LogP contribution in [0.2, 0.25) is 0 Å². The lowest BCUT2D eigenvalue weighted by molar-refractivity contribution is -0.149.